The van der Waals surface area contributed by atoms with Crippen molar-refractivity contribution in [1.82, 2.24) is 5.32 Å². The van der Waals surface area contributed by atoms with Gasteiger partial charge < -0.3 is 5.32 Å². The Morgan fingerprint density at radius 3 is 2.82 bits per heavy atom. The highest BCUT2D eigenvalue weighted by molar-refractivity contribution is 7.99. The minimum atomic E-state index is 0.572. The molecule has 94 valence electrons. The molecule has 1 N–H and O–H groups in total. The summed E-state index contributed by atoms with van der Waals surface area (Å²) in [4.78, 5) is 0. The molecule has 1 aromatic rings. The summed E-state index contributed by atoms with van der Waals surface area (Å²) in [6.07, 6.45) is 3.73. The van der Waals surface area contributed by atoms with Crippen LogP contribution in [-0.2, 0) is 6.42 Å². The molecule has 2 atom stereocenters. The maximum atomic E-state index is 3.73. The van der Waals surface area contributed by atoms with Gasteiger partial charge in [-0.2, -0.15) is 11.8 Å². The Kier molecular flexibility index (Phi) is 4.93. The average molecular weight is 249 g/mol. The number of thioether (sulfide) groups is 1. The van der Waals surface area contributed by atoms with Gasteiger partial charge in [0.1, 0.15) is 0 Å². The molecule has 0 aromatic heterocycles. The summed E-state index contributed by atoms with van der Waals surface area (Å²) in [5, 5.41) is 4.46. The Bertz CT molecular complexity index is 351. The van der Waals surface area contributed by atoms with Crippen molar-refractivity contribution >= 4 is 11.8 Å². The van der Waals surface area contributed by atoms with E-state index >= 15 is 0 Å². The molecule has 2 unspecified atom stereocenters. The van der Waals surface area contributed by atoms with Crippen molar-refractivity contribution in [2.45, 2.75) is 44.4 Å². The lowest BCUT2D eigenvalue weighted by Gasteiger charge is -2.21. The quantitative estimate of drug-likeness (QED) is 0.823. The molecule has 1 aromatic carbocycles. The minimum absolute atomic E-state index is 0.572. The van der Waals surface area contributed by atoms with Gasteiger partial charge in [0.25, 0.3) is 0 Å². The first kappa shape index (κ1) is 13.0. The van der Waals surface area contributed by atoms with Gasteiger partial charge in [-0.05, 0) is 42.7 Å². The SMILES string of the molecule is CCCNC1c2ccccc2CC1SCCC. The van der Waals surface area contributed by atoms with E-state index in [1.807, 2.05) is 0 Å². The van der Waals surface area contributed by atoms with Crippen molar-refractivity contribution in [3.8, 4) is 0 Å². The van der Waals surface area contributed by atoms with E-state index in [0.717, 1.165) is 11.8 Å². The summed E-state index contributed by atoms with van der Waals surface area (Å²) in [6.45, 7) is 5.63. The molecule has 17 heavy (non-hydrogen) atoms. The Hall–Kier alpha value is -0.470. The number of fused-ring (bicyclic) bond motifs is 1. The molecule has 2 heteroatoms. The number of rotatable bonds is 6. The van der Waals surface area contributed by atoms with E-state index in [2.05, 4.69) is 55.2 Å². The molecule has 0 fully saturated rings. The van der Waals surface area contributed by atoms with Crippen molar-refractivity contribution in [3.05, 3.63) is 35.4 Å². The lowest BCUT2D eigenvalue weighted by atomic mass is 10.1. The number of benzene rings is 1. The van der Waals surface area contributed by atoms with Crippen LogP contribution in [0.3, 0.4) is 0 Å². The standard InChI is InChI=1S/C15H23NS/c1-3-9-16-15-13-8-6-5-7-12(13)11-14(15)17-10-4-2/h5-8,14-16H,3-4,9-11H2,1-2H3. The van der Waals surface area contributed by atoms with Gasteiger partial charge in [-0.3, -0.25) is 0 Å². The zero-order chi connectivity index (χ0) is 12.1. The van der Waals surface area contributed by atoms with Crippen LogP contribution in [0.15, 0.2) is 24.3 Å². The zero-order valence-corrected chi connectivity index (χ0v) is 11.7. The van der Waals surface area contributed by atoms with Gasteiger partial charge in [0.05, 0.1) is 0 Å². The van der Waals surface area contributed by atoms with Crippen LogP contribution in [0.25, 0.3) is 0 Å². The monoisotopic (exact) mass is 249 g/mol. The molecule has 2 rings (SSSR count). The van der Waals surface area contributed by atoms with E-state index in [0.29, 0.717) is 6.04 Å². The Labute approximate surface area is 109 Å². The summed E-state index contributed by atoms with van der Waals surface area (Å²) in [5.74, 6) is 1.28. The number of hydrogen-bond donors (Lipinski definition) is 1. The third-order valence-corrected chi connectivity index (χ3v) is 4.84. The topological polar surface area (TPSA) is 12.0 Å². The van der Waals surface area contributed by atoms with Gasteiger partial charge in [-0.1, -0.05) is 38.1 Å². The first-order valence-corrected chi connectivity index (χ1v) is 7.84. The van der Waals surface area contributed by atoms with Crippen LogP contribution in [0.5, 0.6) is 0 Å². The average Bonchev–Trinajstić information content (AvgIpc) is 2.71. The fraction of sp³-hybridized carbons (Fsp3) is 0.600. The van der Waals surface area contributed by atoms with Crippen molar-refractivity contribution in [2.24, 2.45) is 0 Å². The first-order valence-electron chi connectivity index (χ1n) is 6.79. The molecule has 1 aliphatic rings. The molecule has 0 aliphatic heterocycles. The van der Waals surface area contributed by atoms with Crippen molar-refractivity contribution < 1.29 is 0 Å². The van der Waals surface area contributed by atoms with Crippen LogP contribution in [-0.4, -0.2) is 17.5 Å². The fourth-order valence-electron chi connectivity index (χ4n) is 2.52. The molecule has 0 saturated carbocycles. The van der Waals surface area contributed by atoms with Crippen molar-refractivity contribution in [2.75, 3.05) is 12.3 Å². The fourth-order valence-corrected chi connectivity index (χ4v) is 3.80. The molecule has 1 aliphatic carbocycles. The van der Waals surface area contributed by atoms with Gasteiger partial charge in [0, 0.05) is 11.3 Å². The molecule has 0 bridgehead atoms. The molecule has 0 saturated heterocycles. The van der Waals surface area contributed by atoms with Gasteiger partial charge in [-0.25, -0.2) is 0 Å². The minimum Gasteiger partial charge on any atom is -0.309 e. The lowest BCUT2D eigenvalue weighted by molar-refractivity contribution is 0.539. The van der Waals surface area contributed by atoms with E-state index in [1.165, 1.54) is 30.6 Å². The molecular formula is C15H23NS. The molecule has 0 spiro atoms. The third kappa shape index (κ3) is 3.05. The van der Waals surface area contributed by atoms with E-state index < -0.39 is 0 Å². The second-order valence-electron chi connectivity index (χ2n) is 4.74. The summed E-state index contributed by atoms with van der Waals surface area (Å²) < 4.78 is 0. The van der Waals surface area contributed by atoms with Gasteiger partial charge >= 0.3 is 0 Å². The highest BCUT2D eigenvalue weighted by atomic mass is 32.2. The van der Waals surface area contributed by atoms with Crippen LogP contribution in [0.1, 0.15) is 43.9 Å². The summed E-state index contributed by atoms with van der Waals surface area (Å²) in [7, 11) is 0. The maximum absolute atomic E-state index is 3.73. The first-order chi connectivity index (χ1) is 8.36. The van der Waals surface area contributed by atoms with E-state index in [4.69, 9.17) is 0 Å². The largest absolute Gasteiger partial charge is 0.309 e. The Morgan fingerprint density at radius 2 is 2.06 bits per heavy atom. The van der Waals surface area contributed by atoms with Crippen LogP contribution in [0.2, 0.25) is 0 Å². The molecule has 0 amide bonds. The Balaban J connectivity index is 2.09. The number of hydrogen-bond acceptors (Lipinski definition) is 2. The Morgan fingerprint density at radius 1 is 1.24 bits per heavy atom. The normalized spacial score (nSPS) is 22.7. The maximum Gasteiger partial charge on any atom is 0.0446 e. The van der Waals surface area contributed by atoms with E-state index in [-0.39, 0.29) is 0 Å². The van der Waals surface area contributed by atoms with Crippen LogP contribution < -0.4 is 5.32 Å². The predicted octanol–water partition coefficient (Wildman–Crippen LogP) is 3.80. The third-order valence-electron chi connectivity index (χ3n) is 3.33. The highest BCUT2D eigenvalue weighted by Gasteiger charge is 2.31. The summed E-state index contributed by atoms with van der Waals surface area (Å²) >= 11 is 2.14. The van der Waals surface area contributed by atoms with Gasteiger partial charge in [0.2, 0.25) is 0 Å². The van der Waals surface area contributed by atoms with Crippen LogP contribution in [0.4, 0.5) is 0 Å². The van der Waals surface area contributed by atoms with Crippen molar-refractivity contribution in [1.29, 1.82) is 0 Å². The van der Waals surface area contributed by atoms with Crippen LogP contribution in [0, 0.1) is 0 Å². The number of nitrogens with one attached hydrogen (secondary N) is 1. The lowest BCUT2D eigenvalue weighted by Crippen LogP contribution is -2.27. The molecular weight excluding hydrogens is 226 g/mol. The second kappa shape index (κ2) is 6.46. The highest BCUT2D eigenvalue weighted by Crippen LogP contribution is 2.38. The smallest absolute Gasteiger partial charge is 0.0446 e. The molecule has 1 nitrogen and oxygen atoms in total. The van der Waals surface area contributed by atoms with E-state index in [1.54, 1.807) is 5.56 Å². The van der Waals surface area contributed by atoms with Gasteiger partial charge in [0.15, 0.2) is 0 Å². The van der Waals surface area contributed by atoms with Crippen LogP contribution >= 0.6 is 11.8 Å². The predicted molar refractivity (Wildman–Crippen MR) is 77.7 cm³/mol. The zero-order valence-electron chi connectivity index (χ0n) is 10.9. The molecule has 0 radical (unpaired) electrons. The summed E-state index contributed by atoms with van der Waals surface area (Å²) in [5.41, 5.74) is 3.09. The summed E-state index contributed by atoms with van der Waals surface area (Å²) in [6, 6.07) is 9.51. The van der Waals surface area contributed by atoms with E-state index in [9.17, 15) is 0 Å². The van der Waals surface area contributed by atoms with Gasteiger partial charge in [-0.15, -0.1) is 0 Å². The second-order valence-corrected chi connectivity index (χ2v) is 6.09. The molecule has 0 heterocycles. The van der Waals surface area contributed by atoms with Crippen molar-refractivity contribution in [3.63, 3.8) is 0 Å².